The lowest BCUT2D eigenvalue weighted by molar-refractivity contribution is -0.125. The molecule has 1 amide bonds. The van der Waals surface area contributed by atoms with Crippen molar-refractivity contribution in [2.45, 2.75) is 32.4 Å². The van der Waals surface area contributed by atoms with Gasteiger partial charge in [0.1, 0.15) is 6.10 Å². The minimum Gasteiger partial charge on any atom is -0.396 e. The van der Waals surface area contributed by atoms with Crippen molar-refractivity contribution in [3.05, 3.63) is 42.5 Å². The second-order valence-corrected chi connectivity index (χ2v) is 6.36. The van der Waals surface area contributed by atoms with Crippen molar-refractivity contribution in [3.8, 4) is 0 Å². The maximum Gasteiger partial charge on any atom is 0.253 e. The van der Waals surface area contributed by atoms with E-state index < -0.39 is 6.10 Å². The number of nitrogens with one attached hydrogen (secondary N) is 1. The maximum atomic E-state index is 12.1. The van der Waals surface area contributed by atoms with Gasteiger partial charge in [0, 0.05) is 18.8 Å². The standard InChI is InChI=1S/C19H28N2O3/c1-3-11-24-15(2)19(23)20-18-6-4-5-17(12-18)13-21-9-7-16(14-22)8-10-21/h3-6,12,15-16,22H,1,7-11,13-14H2,2H3,(H,20,23). The van der Waals surface area contributed by atoms with Crippen LogP contribution in [0.3, 0.4) is 0 Å². The summed E-state index contributed by atoms with van der Waals surface area (Å²) in [5, 5.41) is 12.1. The quantitative estimate of drug-likeness (QED) is 0.718. The predicted molar refractivity (Wildman–Crippen MR) is 95.8 cm³/mol. The fourth-order valence-electron chi connectivity index (χ4n) is 2.86. The topological polar surface area (TPSA) is 61.8 Å². The van der Waals surface area contributed by atoms with Gasteiger partial charge in [-0.3, -0.25) is 9.69 Å². The summed E-state index contributed by atoms with van der Waals surface area (Å²) >= 11 is 0. The monoisotopic (exact) mass is 332 g/mol. The molecule has 2 rings (SSSR count). The van der Waals surface area contributed by atoms with Crippen LogP contribution in [-0.2, 0) is 16.1 Å². The molecule has 1 unspecified atom stereocenters. The van der Waals surface area contributed by atoms with Gasteiger partial charge in [-0.25, -0.2) is 0 Å². The van der Waals surface area contributed by atoms with Gasteiger partial charge >= 0.3 is 0 Å². The molecule has 5 nitrogen and oxygen atoms in total. The molecule has 0 aromatic heterocycles. The van der Waals surface area contributed by atoms with Gasteiger partial charge in [0.05, 0.1) is 6.61 Å². The number of nitrogens with zero attached hydrogens (tertiary/aromatic N) is 1. The fraction of sp³-hybridized carbons (Fsp3) is 0.526. The Bertz CT molecular complexity index is 539. The molecule has 1 aromatic carbocycles. The minimum atomic E-state index is -0.510. The van der Waals surface area contributed by atoms with Gasteiger partial charge < -0.3 is 15.2 Å². The largest absolute Gasteiger partial charge is 0.396 e. The Morgan fingerprint density at radius 1 is 1.50 bits per heavy atom. The first-order valence-corrected chi connectivity index (χ1v) is 8.58. The number of hydrogen-bond acceptors (Lipinski definition) is 4. The summed E-state index contributed by atoms with van der Waals surface area (Å²) in [5.74, 6) is 0.293. The lowest BCUT2D eigenvalue weighted by Crippen LogP contribution is -2.34. The maximum absolute atomic E-state index is 12.1. The molecule has 1 aliphatic rings. The summed E-state index contributed by atoms with van der Waals surface area (Å²) in [5.41, 5.74) is 1.96. The van der Waals surface area contributed by atoms with Crippen molar-refractivity contribution in [2.75, 3.05) is 31.6 Å². The highest BCUT2D eigenvalue weighted by molar-refractivity contribution is 5.93. The zero-order valence-electron chi connectivity index (χ0n) is 14.4. The van der Waals surface area contributed by atoms with E-state index in [4.69, 9.17) is 4.74 Å². The van der Waals surface area contributed by atoms with Gasteiger partial charge in [0.25, 0.3) is 5.91 Å². The molecular weight excluding hydrogens is 304 g/mol. The van der Waals surface area contributed by atoms with Crippen molar-refractivity contribution in [1.29, 1.82) is 0 Å². The first-order valence-electron chi connectivity index (χ1n) is 8.58. The normalized spacial score (nSPS) is 17.4. The van der Waals surface area contributed by atoms with Gasteiger partial charge in [-0.1, -0.05) is 18.2 Å². The number of aliphatic hydroxyl groups is 1. The number of carbonyl (C=O) groups excluding carboxylic acids is 1. The molecule has 132 valence electrons. The van der Waals surface area contributed by atoms with E-state index in [1.165, 1.54) is 5.56 Å². The van der Waals surface area contributed by atoms with Gasteiger partial charge in [-0.05, 0) is 56.5 Å². The van der Waals surface area contributed by atoms with Crippen LogP contribution in [0.25, 0.3) is 0 Å². The molecule has 24 heavy (non-hydrogen) atoms. The van der Waals surface area contributed by atoms with Crippen molar-refractivity contribution in [3.63, 3.8) is 0 Å². The highest BCUT2D eigenvalue weighted by Crippen LogP contribution is 2.19. The number of ether oxygens (including phenoxy) is 1. The number of aliphatic hydroxyl groups excluding tert-OH is 1. The van der Waals surface area contributed by atoms with Gasteiger partial charge in [-0.15, -0.1) is 6.58 Å². The third kappa shape index (κ3) is 5.74. The summed E-state index contributed by atoms with van der Waals surface area (Å²) in [6.07, 6.45) is 3.21. The van der Waals surface area contributed by atoms with Crippen LogP contribution >= 0.6 is 0 Å². The molecule has 0 saturated carbocycles. The molecular formula is C19H28N2O3. The third-order valence-electron chi connectivity index (χ3n) is 4.40. The number of rotatable bonds is 8. The van der Waals surface area contributed by atoms with Gasteiger partial charge in [0.15, 0.2) is 0 Å². The molecule has 1 atom stereocenters. The van der Waals surface area contributed by atoms with E-state index in [9.17, 15) is 9.90 Å². The molecule has 0 radical (unpaired) electrons. The molecule has 2 N–H and O–H groups in total. The highest BCUT2D eigenvalue weighted by Gasteiger charge is 2.18. The van der Waals surface area contributed by atoms with E-state index in [0.29, 0.717) is 19.1 Å². The van der Waals surface area contributed by atoms with Crippen LogP contribution in [-0.4, -0.2) is 48.3 Å². The van der Waals surface area contributed by atoms with Crippen LogP contribution in [0, 0.1) is 5.92 Å². The van der Waals surface area contributed by atoms with E-state index in [1.807, 2.05) is 18.2 Å². The van der Waals surface area contributed by atoms with Crippen LogP contribution in [0.5, 0.6) is 0 Å². The summed E-state index contributed by atoms with van der Waals surface area (Å²) in [4.78, 5) is 14.5. The molecule has 0 spiro atoms. The number of anilines is 1. The predicted octanol–water partition coefficient (Wildman–Crippen LogP) is 2.42. The van der Waals surface area contributed by atoms with Crippen molar-refractivity contribution >= 4 is 11.6 Å². The molecule has 1 aromatic rings. The highest BCUT2D eigenvalue weighted by atomic mass is 16.5. The van der Waals surface area contributed by atoms with Crippen molar-refractivity contribution in [2.24, 2.45) is 5.92 Å². The summed E-state index contributed by atoms with van der Waals surface area (Å²) in [6.45, 7) is 8.84. The molecule has 0 bridgehead atoms. The van der Waals surface area contributed by atoms with Crippen molar-refractivity contribution in [1.82, 2.24) is 4.90 Å². The van der Waals surface area contributed by atoms with Crippen LogP contribution in [0.15, 0.2) is 36.9 Å². The Balaban J connectivity index is 1.87. The number of amides is 1. The second kappa shape index (κ2) is 9.57. The molecule has 5 heteroatoms. The Morgan fingerprint density at radius 3 is 2.92 bits per heavy atom. The molecule has 0 aliphatic carbocycles. The summed E-state index contributed by atoms with van der Waals surface area (Å²) in [7, 11) is 0. The third-order valence-corrected chi connectivity index (χ3v) is 4.40. The van der Waals surface area contributed by atoms with Crippen LogP contribution in [0.2, 0.25) is 0 Å². The van der Waals surface area contributed by atoms with Gasteiger partial charge in [-0.2, -0.15) is 0 Å². The lowest BCUT2D eigenvalue weighted by Gasteiger charge is -2.31. The van der Waals surface area contributed by atoms with Crippen LogP contribution in [0.4, 0.5) is 5.69 Å². The Morgan fingerprint density at radius 2 is 2.25 bits per heavy atom. The smallest absolute Gasteiger partial charge is 0.253 e. The number of likely N-dealkylation sites (tertiary alicyclic amines) is 1. The summed E-state index contributed by atoms with van der Waals surface area (Å²) < 4.78 is 5.34. The van der Waals surface area contributed by atoms with E-state index in [-0.39, 0.29) is 5.91 Å². The average Bonchev–Trinajstić information content (AvgIpc) is 2.60. The van der Waals surface area contributed by atoms with E-state index >= 15 is 0 Å². The molecule has 1 aliphatic heterocycles. The zero-order chi connectivity index (χ0) is 17.4. The number of hydrogen-bond donors (Lipinski definition) is 2. The number of piperidine rings is 1. The average molecular weight is 332 g/mol. The van der Waals surface area contributed by atoms with Crippen molar-refractivity contribution < 1.29 is 14.6 Å². The Labute approximate surface area is 144 Å². The second-order valence-electron chi connectivity index (χ2n) is 6.36. The SMILES string of the molecule is C=CCOC(C)C(=O)Nc1cccc(CN2CCC(CO)CC2)c1. The Kier molecular flexibility index (Phi) is 7.43. The van der Waals surface area contributed by atoms with Crippen LogP contribution in [0.1, 0.15) is 25.3 Å². The number of benzene rings is 1. The van der Waals surface area contributed by atoms with E-state index in [0.717, 1.165) is 38.2 Å². The van der Waals surface area contributed by atoms with E-state index in [1.54, 1.807) is 13.0 Å². The minimum absolute atomic E-state index is 0.155. The number of carbonyl (C=O) groups is 1. The first-order chi connectivity index (χ1) is 11.6. The van der Waals surface area contributed by atoms with Crippen LogP contribution < -0.4 is 5.32 Å². The summed E-state index contributed by atoms with van der Waals surface area (Å²) in [6, 6.07) is 7.93. The first kappa shape index (κ1) is 18.6. The lowest BCUT2D eigenvalue weighted by atomic mass is 9.97. The Hall–Kier alpha value is -1.69. The van der Waals surface area contributed by atoms with E-state index in [2.05, 4.69) is 22.9 Å². The fourth-order valence-corrected chi connectivity index (χ4v) is 2.86. The molecule has 1 heterocycles. The van der Waals surface area contributed by atoms with Gasteiger partial charge in [0.2, 0.25) is 0 Å². The molecule has 1 fully saturated rings. The zero-order valence-corrected chi connectivity index (χ0v) is 14.4. The molecule has 1 saturated heterocycles.